The average molecular weight is 297 g/mol. The first-order valence-corrected chi connectivity index (χ1v) is 7.30. The number of rotatable bonds is 6. The van der Waals surface area contributed by atoms with Crippen LogP contribution in [0.25, 0.3) is 0 Å². The van der Waals surface area contributed by atoms with Crippen molar-refractivity contribution in [3.8, 4) is 0 Å². The Balaban J connectivity index is 3.20. The van der Waals surface area contributed by atoms with Gasteiger partial charge in [-0.2, -0.15) is 0 Å². The maximum Gasteiger partial charge on any atom is 0.140 e. The minimum Gasteiger partial charge on any atom is -0.299 e. The van der Waals surface area contributed by atoms with Crippen LogP contribution in [0.3, 0.4) is 0 Å². The van der Waals surface area contributed by atoms with Gasteiger partial charge in [-0.3, -0.25) is 4.79 Å². The van der Waals surface area contributed by atoms with Crippen LogP contribution in [0.15, 0.2) is 30.3 Å². The summed E-state index contributed by atoms with van der Waals surface area (Å²) in [7, 11) is 0. The molecule has 1 aromatic rings. The molecular weight excluding hydrogens is 276 g/mol. The molecular formula is C15H21BrO. The van der Waals surface area contributed by atoms with Crippen LogP contribution in [0.2, 0.25) is 0 Å². The summed E-state index contributed by atoms with van der Waals surface area (Å²) in [5, 5.41) is 0.946. The SMILES string of the molecule is CC(=O)C(CCCBr)(c1ccccc1)C(C)C. The molecule has 0 aromatic heterocycles. The van der Waals surface area contributed by atoms with Crippen LogP contribution in [-0.4, -0.2) is 11.1 Å². The van der Waals surface area contributed by atoms with Crippen LogP contribution in [0.5, 0.6) is 0 Å². The van der Waals surface area contributed by atoms with Crippen molar-refractivity contribution in [1.29, 1.82) is 0 Å². The van der Waals surface area contributed by atoms with E-state index in [2.05, 4.69) is 41.9 Å². The molecule has 0 radical (unpaired) electrons. The first-order chi connectivity index (χ1) is 8.05. The summed E-state index contributed by atoms with van der Waals surface area (Å²) in [6, 6.07) is 10.2. The zero-order chi connectivity index (χ0) is 12.9. The van der Waals surface area contributed by atoms with Crippen LogP contribution >= 0.6 is 15.9 Å². The van der Waals surface area contributed by atoms with Crippen molar-refractivity contribution in [1.82, 2.24) is 0 Å². The van der Waals surface area contributed by atoms with Crippen molar-refractivity contribution in [3.05, 3.63) is 35.9 Å². The van der Waals surface area contributed by atoms with Crippen molar-refractivity contribution in [2.24, 2.45) is 5.92 Å². The lowest BCUT2D eigenvalue weighted by Crippen LogP contribution is -2.39. The van der Waals surface area contributed by atoms with Crippen molar-refractivity contribution < 1.29 is 4.79 Å². The lowest BCUT2D eigenvalue weighted by Gasteiger charge is -2.36. The average Bonchev–Trinajstić information content (AvgIpc) is 2.30. The normalized spacial score (nSPS) is 14.6. The number of alkyl halides is 1. The van der Waals surface area contributed by atoms with E-state index < -0.39 is 0 Å². The molecule has 0 saturated heterocycles. The van der Waals surface area contributed by atoms with Gasteiger partial charge >= 0.3 is 0 Å². The molecule has 0 heterocycles. The molecule has 1 atom stereocenters. The van der Waals surface area contributed by atoms with Crippen molar-refractivity contribution >= 4 is 21.7 Å². The Kier molecular flexibility index (Phi) is 5.38. The van der Waals surface area contributed by atoms with E-state index in [1.54, 1.807) is 6.92 Å². The molecule has 1 aromatic carbocycles. The van der Waals surface area contributed by atoms with Gasteiger partial charge in [0.05, 0.1) is 5.41 Å². The highest BCUT2D eigenvalue weighted by molar-refractivity contribution is 9.09. The van der Waals surface area contributed by atoms with Gasteiger partial charge < -0.3 is 0 Å². The predicted octanol–water partition coefficient (Wildman–Crippen LogP) is 4.34. The van der Waals surface area contributed by atoms with E-state index in [1.807, 2.05) is 18.2 Å². The van der Waals surface area contributed by atoms with Crippen LogP contribution in [0, 0.1) is 5.92 Å². The molecule has 94 valence electrons. The molecule has 0 bridgehead atoms. The van der Waals surface area contributed by atoms with Gasteiger partial charge in [-0.15, -0.1) is 0 Å². The molecule has 0 saturated carbocycles. The number of halogens is 1. The summed E-state index contributed by atoms with van der Waals surface area (Å²) in [4.78, 5) is 12.2. The van der Waals surface area contributed by atoms with Gasteiger partial charge in [0, 0.05) is 5.33 Å². The Hall–Kier alpha value is -0.630. The quantitative estimate of drug-likeness (QED) is 0.714. The smallest absolute Gasteiger partial charge is 0.140 e. The first-order valence-electron chi connectivity index (χ1n) is 6.18. The number of benzene rings is 1. The second kappa shape index (κ2) is 6.34. The molecule has 0 aliphatic carbocycles. The third kappa shape index (κ3) is 2.98. The van der Waals surface area contributed by atoms with Crippen LogP contribution in [0.4, 0.5) is 0 Å². The van der Waals surface area contributed by atoms with E-state index in [9.17, 15) is 4.79 Å². The zero-order valence-electron chi connectivity index (χ0n) is 10.9. The van der Waals surface area contributed by atoms with Gasteiger partial charge in [0.25, 0.3) is 0 Å². The summed E-state index contributed by atoms with van der Waals surface area (Å²) >= 11 is 3.46. The molecule has 0 N–H and O–H groups in total. The Morgan fingerprint density at radius 2 is 1.88 bits per heavy atom. The van der Waals surface area contributed by atoms with Gasteiger partial charge in [0.1, 0.15) is 5.78 Å². The maximum absolute atomic E-state index is 12.2. The standard InChI is InChI=1S/C15H21BrO/c1-12(2)15(13(3)17,10-7-11-16)14-8-5-4-6-9-14/h4-6,8-9,12H,7,10-11H2,1-3H3. The molecule has 0 amide bonds. The van der Waals surface area contributed by atoms with Gasteiger partial charge in [-0.25, -0.2) is 0 Å². The topological polar surface area (TPSA) is 17.1 Å². The summed E-state index contributed by atoms with van der Waals surface area (Å²) in [5.74, 6) is 0.598. The summed E-state index contributed by atoms with van der Waals surface area (Å²) in [6.45, 7) is 6.01. The van der Waals surface area contributed by atoms with Gasteiger partial charge in [0.15, 0.2) is 0 Å². The highest BCUT2D eigenvalue weighted by Crippen LogP contribution is 2.38. The predicted molar refractivity (Wildman–Crippen MR) is 76.7 cm³/mol. The van der Waals surface area contributed by atoms with E-state index in [4.69, 9.17) is 0 Å². The second-order valence-corrected chi connectivity index (χ2v) is 5.63. The van der Waals surface area contributed by atoms with Crippen LogP contribution in [-0.2, 0) is 10.2 Å². The minimum atomic E-state index is -0.324. The Labute approximate surface area is 113 Å². The fraction of sp³-hybridized carbons (Fsp3) is 0.533. The fourth-order valence-corrected chi connectivity index (χ4v) is 2.91. The Morgan fingerprint density at radius 3 is 2.29 bits per heavy atom. The molecule has 0 spiro atoms. The second-order valence-electron chi connectivity index (χ2n) is 4.84. The molecule has 0 fully saturated rings. The molecule has 1 rings (SSSR count). The molecule has 17 heavy (non-hydrogen) atoms. The summed E-state index contributed by atoms with van der Waals surface area (Å²) in [6.07, 6.45) is 1.93. The van der Waals surface area contributed by atoms with Crippen molar-refractivity contribution in [3.63, 3.8) is 0 Å². The molecule has 0 aliphatic heterocycles. The fourth-order valence-electron chi connectivity index (χ4n) is 2.63. The van der Waals surface area contributed by atoms with Gasteiger partial charge in [-0.05, 0) is 31.2 Å². The first kappa shape index (κ1) is 14.4. The summed E-state index contributed by atoms with van der Waals surface area (Å²) < 4.78 is 0. The third-order valence-electron chi connectivity index (χ3n) is 3.61. The van der Waals surface area contributed by atoms with E-state index in [-0.39, 0.29) is 11.2 Å². The lowest BCUT2D eigenvalue weighted by atomic mass is 9.66. The van der Waals surface area contributed by atoms with E-state index in [0.29, 0.717) is 5.92 Å². The largest absolute Gasteiger partial charge is 0.299 e. The molecule has 1 nitrogen and oxygen atoms in total. The third-order valence-corrected chi connectivity index (χ3v) is 4.17. The number of Topliss-reactive ketones (excluding diaryl/α,β-unsaturated/α-hetero) is 1. The molecule has 1 unspecified atom stereocenters. The zero-order valence-corrected chi connectivity index (χ0v) is 12.5. The number of carbonyl (C=O) groups excluding carboxylic acids is 1. The Morgan fingerprint density at radius 1 is 1.29 bits per heavy atom. The lowest BCUT2D eigenvalue weighted by molar-refractivity contribution is -0.124. The number of hydrogen-bond donors (Lipinski definition) is 0. The van der Waals surface area contributed by atoms with Crippen molar-refractivity contribution in [2.45, 2.75) is 39.0 Å². The Bertz CT molecular complexity index is 358. The minimum absolute atomic E-state index is 0.277. The monoisotopic (exact) mass is 296 g/mol. The maximum atomic E-state index is 12.2. The van der Waals surface area contributed by atoms with Crippen LogP contribution in [0.1, 0.15) is 39.2 Å². The van der Waals surface area contributed by atoms with Gasteiger partial charge in [0.2, 0.25) is 0 Å². The van der Waals surface area contributed by atoms with E-state index in [0.717, 1.165) is 23.7 Å². The summed E-state index contributed by atoms with van der Waals surface area (Å²) in [5.41, 5.74) is 0.832. The number of carbonyl (C=O) groups is 1. The van der Waals surface area contributed by atoms with Crippen LogP contribution < -0.4 is 0 Å². The number of ketones is 1. The molecule has 2 heteroatoms. The van der Waals surface area contributed by atoms with E-state index >= 15 is 0 Å². The van der Waals surface area contributed by atoms with Crippen molar-refractivity contribution in [2.75, 3.05) is 5.33 Å². The van der Waals surface area contributed by atoms with Gasteiger partial charge in [-0.1, -0.05) is 60.1 Å². The number of hydrogen-bond acceptors (Lipinski definition) is 1. The molecule has 0 aliphatic rings. The highest BCUT2D eigenvalue weighted by Gasteiger charge is 2.39. The van der Waals surface area contributed by atoms with E-state index in [1.165, 1.54) is 0 Å². The highest BCUT2D eigenvalue weighted by atomic mass is 79.9.